The first-order chi connectivity index (χ1) is 16.2. The van der Waals surface area contributed by atoms with Gasteiger partial charge in [0.05, 0.1) is 24.3 Å². The largest absolute Gasteiger partial charge is 0.494 e. The minimum absolute atomic E-state index is 0.0754. The van der Waals surface area contributed by atoms with Crippen molar-refractivity contribution >= 4 is 28.4 Å². The SMILES string of the molecule is CC(n1cnc(N2CCCCC2)n1)C(C)(C)O.COc1cc2nc(N)n3ncnc3c2cc1F. The van der Waals surface area contributed by atoms with Gasteiger partial charge in [0.2, 0.25) is 11.9 Å². The third-order valence-electron chi connectivity index (χ3n) is 6.07. The average Bonchev–Trinajstić information content (AvgIpc) is 3.50. The van der Waals surface area contributed by atoms with Gasteiger partial charge in [0.15, 0.2) is 17.2 Å². The van der Waals surface area contributed by atoms with Crippen LogP contribution in [0.15, 0.2) is 24.8 Å². The zero-order chi connectivity index (χ0) is 24.5. The monoisotopic (exact) mass is 471 g/mol. The lowest BCUT2D eigenvalue weighted by atomic mass is 10.0. The predicted octanol–water partition coefficient (Wildman–Crippen LogP) is 2.61. The van der Waals surface area contributed by atoms with Gasteiger partial charge in [0, 0.05) is 24.5 Å². The Labute approximate surface area is 196 Å². The predicted molar refractivity (Wildman–Crippen MR) is 126 cm³/mol. The van der Waals surface area contributed by atoms with E-state index in [0.717, 1.165) is 19.0 Å². The Bertz CT molecular complexity index is 1270. The molecule has 1 atom stereocenters. The van der Waals surface area contributed by atoms with Crippen LogP contribution < -0.4 is 15.4 Å². The Morgan fingerprint density at radius 1 is 1.18 bits per heavy atom. The Balaban J connectivity index is 0.000000161. The van der Waals surface area contributed by atoms with Gasteiger partial charge in [-0.15, -0.1) is 5.10 Å². The molecule has 1 fully saturated rings. The molecule has 0 amide bonds. The molecular weight excluding hydrogens is 441 g/mol. The summed E-state index contributed by atoms with van der Waals surface area (Å²) in [5.74, 6) is 0.629. The summed E-state index contributed by atoms with van der Waals surface area (Å²) < 4.78 is 21.6. The molecule has 4 aromatic rings. The van der Waals surface area contributed by atoms with Gasteiger partial charge in [-0.1, -0.05) is 0 Å². The third-order valence-corrected chi connectivity index (χ3v) is 6.07. The topological polar surface area (TPSA) is 133 Å². The molecule has 0 bridgehead atoms. The number of hydrogen-bond acceptors (Lipinski definition) is 9. The summed E-state index contributed by atoms with van der Waals surface area (Å²) in [6, 6.07) is 2.72. The summed E-state index contributed by atoms with van der Waals surface area (Å²) in [4.78, 5) is 14.7. The molecule has 3 aromatic heterocycles. The van der Waals surface area contributed by atoms with Crippen molar-refractivity contribution in [2.75, 3.05) is 30.8 Å². The van der Waals surface area contributed by atoms with E-state index in [1.165, 1.54) is 49.3 Å². The molecular formula is C22H30FN9O2. The number of halogens is 1. The lowest BCUT2D eigenvalue weighted by Crippen LogP contribution is -2.32. The quantitative estimate of drug-likeness (QED) is 0.461. The lowest BCUT2D eigenvalue weighted by molar-refractivity contribution is 0.0257. The zero-order valence-electron chi connectivity index (χ0n) is 19.8. The second-order valence-electron chi connectivity index (χ2n) is 8.87. The number of nitrogens with zero attached hydrogens (tertiary/aromatic N) is 8. The van der Waals surface area contributed by atoms with E-state index in [4.69, 9.17) is 10.5 Å². The van der Waals surface area contributed by atoms with Gasteiger partial charge in [-0.25, -0.2) is 24.0 Å². The maximum absolute atomic E-state index is 13.6. The molecule has 1 aromatic carbocycles. The molecule has 3 N–H and O–H groups in total. The fraction of sp³-hybridized carbons (Fsp3) is 0.500. The highest BCUT2D eigenvalue weighted by Crippen LogP contribution is 2.26. The van der Waals surface area contributed by atoms with Crippen LogP contribution in [0.25, 0.3) is 16.6 Å². The van der Waals surface area contributed by atoms with Gasteiger partial charge < -0.3 is 20.5 Å². The number of rotatable bonds is 4. The molecule has 0 radical (unpaired) electrons. The van der Waals surface area contributed by atoms with Crippen LogP contribution >= 0.6 is 0 Å². The lowest BCUT2D eigenvalue weighted by Gasteiger charge is -2.27. The summed E-state index contributed by atoms with van der Waals surface area (Å²) in [6.07, 6.45) is 6.80. The number of nitrogen functional groups attached to an aromatic ring is 1. The van der Waals surface area contributed by atoms with E-state index < -0.39 is 11.4 Å². The minimum atomic E-state index is -0.785. The van der Waals surface area contributed by atoms with E-state index in [1.807, 2.05) is 6.92 Å². The second kappa shape index (κ2) is 9.37. The van der Waals surface area contributed by atoms with Gasteiger partial charge in [0.25, 0.3) is 0 Å². The summed E-state index contributed by atoms with van der Waals surface area (Å²) in [5, 5.41) is 18.9. The number of nitrogens with two attached hydrogens (primary N) is 1. The minimum Gasteiger partial charge on any atom is -0.494 e. The van der Waals surface area contributed by atoms with Crippen molar-refractivity contribution in [3.63, 3.8) is 0 Å². The smallest absolute Gasteiger partial charge is 0.244 e. The highest BCUT2D eigenvalue weighted by molar-refractivity contribution is 5.93. The first-order valence-electron chi connectivity index (χ1n) is 11.2. The molecule has 4 heterocycles. The number of ether oxygens (including phenoxy) is 1. The molecule has 0 aliphatic carbocycles. The molecule has 0 spiro atoms. The van der Waals surface area contributed by atoms with Crippen molar-refractivity contribution in [2.45, 2.75) is 51.7 Å². The van der Waals surface area contributed by atoms with Crippen molar-refractivity contribution in [3.05, 3.63) is 30.6 Å². The number of aromatic nitrogens is 7. The highest BCUT2D eigenvalue weighted by Gasteiger charge is 2.26. The third kappa shape index (κ3) is 4.72. The molecule has 182 valence electrons. The summed E-state index contributed by atoms with van der Waals surface area (Å²) in [7, 11) is 1.39. The first kappa shape index (κ1) is 23.6. The Kier molecular flexibility index (Phi) is 6.51. The van der Waals surface area contributed by atoms with Crippen LogP contribution in [-0.2, 0) is 0 Å². The number of fused-ring (bicyclic) bond motifs is 3. The van der Waals surface area contributed by atoms with Crippen molar-refractivity contribution < 1.29 is 14.2 Å². The first-order valence-corrected chi connectivity index (χ1v) is 11.2. The molecule has 5 rings (SSSR count). The Hall–Kier alpha value is -3.54. The Morgan fingerprint density at radius 2 is 1.91 bits per heavy atom. The normalized spacial score (nSPS) is 15.3. The standard InChI is InChI=1S/C12H22N4O.C10H8FN5O/c1-10(12(2,3)17)16-9-13-11(14-16)15-7-5-4-6-8-15;1-17-8-3-7-5(2-6(8)11)9-13-4-14-16(9)10(12)15-7/h9-10,17H,4-8H2,1-3H3;2-4H,1H3,(H2,12,15). The van der Waals surface area contributed by atoms with Gasteiger partial charge in [-0.2, -0.15) is 9.61 Å². The number of benzene rings is 1. The molecule has 1 aliphatic rings. The van der Waals surface area contributed by atoms with Crippen LogP contribution in [0, 0.1) is 5.82 Å². The number of methoxy groups -OCH3 is 1. The van der Waals surface area contributed by atoms with E-state index >= 15 is 0 Å². The maximum Gasteiger partial charge on any atom is 0.244 e. The van der Waals surface area contributed by atoms with Gasteiger partial charge in [0.1, 0.15) is 12.7 Å². The molecule has 1 aliphatic heterocycles. The number of piperidine rings is 1. The summed E-state index contributed by atoms with van der Waals surface area (Å²) >= 11 is 0. The number of hydrogen-bond donors (Lipinski definition) is 2. The second-order valence-corrected chi connectivity index (χ2v) is 8.87. The molecule has 1 unspecified atom stereocenters. The number of anilines is 2. The Morgan fingerprint density at radius 3 is 2.59 bits per heavy atom. The molecule has 34 heavy (non-hydrogen) atoms. The van der Waals surface area contributed by atoms with E-state index in [2.05, 4.69) is 30.0 Å². The van der Waals surface area contributed by atoms with E-state index in [9.17, 15) is 9.50 Å². The fourth-order valence-corrected chi connectivity index (χ4v) is 3.75. The number of aliphatic hydroxyl groups is 1. The van der Waals surface area contributed by atoms with Crippen LogP contribution in [0.1, 0.15) is 46.1 Å². The van der Waals surface area contributed by atoms with Crippen molar-refractivity contribution in [1.29, 1.82) is 0 Å². The molecule has 1 saturated heterocycles. The van der Waals surface area contributed by atoms with Gasteiger partial charge in [-0.05, 0) is 46.1 Å². The molecule has 11 nitrogen and oxygen atoms in total. The average molecular weight is 472 g/mol. The van der Waals surface area contributed by atoms with Crippen LogP contribution in [0.3, 0.4) is 0 Å². The zero-order valence-corrected chi connectivity index (χ0v) is 19.8. The molecule has 12 heteroatoms. The van der Waals surface area contributed by atoms with Gasteiger partial charge in [-0.3, -0.25) is 0 Å². The highest BCUT2D eigenvalue weighted by atomic mass is 19.1. The van der Waals surface area contributed by atoms with Crippen molar-refractivity contribution in [3.8, 4) is 5.75 Å². The molecule has 0 saturated carbocycles. The van der Waals surface area contributed by atoms with Crippen LogP contribution in [-0.4, -0.2) is 65.3 Å². The van der Waals surface area contributed by atoms with Crippen LogP contribution in [0.2, 0.25) is 0 Å². The van der Waals surface area contributed by atoms with E-state index in [0.29, 0.717) is 16.6 Å². The maximum atomic E-state index is 13.6. The van der Waals surface area contributed by atoms with Crippen LogP contribution in [0.5, 0.6) is 5.75 Å². The fourth-order valence-electron chi connectivity index (χ4n) is 3.75. The summed E-state index contributed by atoms with van der Waals surface area (Å²) in [5.41, 5.74) is 5.91. The van der Waals surface area contributed by atoms with E-state index in [1.54, 1.807) is 24.9 Å². The van der Waals surface area contributed by atoms with Gasteiger partial charge >= 0.3 is 0 Å². The van der Waals surface area contributed by atoms with Crippen molar-refractivity contribution in [1.82, 2.24) is 34.3 Å². The van der Waals surface area contributed by atoms with Crippen molar-refractivity contribution in [2.24, 2.45) is 0 Å². The van der Waals surface area contributed by atoms with E-state index in [-0.39, 0.29) is 17.7 Å². The van der Waals surface area contributed by atoms with Crippen LogP contribution in [0.4, 0.5) is 16.3 Å². The summed E-state index contributed by atoms with van der Waals surface area (Å²) in [6.45, 7) is 7.62.